The number of unbranched alkanes of at least 4 members (excludes halogenated alkanes) is 4. The molecule has 0 aliphatic rings. The monoisotopic (exact) mass is 261 g/mol. The molecule has 0 N–H and O–H groups in total. The first-order valence-electron chi connectivity index (χ1n) is 7.01. The quantitative estimate of drug-likeness (QED) is 0.599. The van der Waals surface area contributed by atoms with Gasteiger partial charge in [-0.1, -0.05) is 38.7 Å². The Bertz CT molecular complexity index is 453. The fourth-order valence-corrected chi connectivity index (χ4v) is 3.17. The van der Waals surface area contributed by atoms with Crippen molar-refractivity contribution in [3.63, 3.8) is 0 Å². The van der Waals surface area contributed by atoms with Gasteiger partial charge in [0.1, 0.15) is 0 Å². The van der Waals surface area contributed by atoms with E-state index >= 15 is 0 Å². The van der Waals surface area contributed by atoms with Gasteiger partial charge in [0.15, 0.2) is 0 Å². The predicted molar refractivity (Wildman–Crippen MR) is 81.2 cm³/mol. The van der Waals surface area contributed by atoms with E-state index in [1.54, 1.807) is 0 Å². The van der Waals surface area contributed by atoms with E-state index in [2.05, 4.69) is 48.2 Å². The van der Waals surface area contributed by atoms with Gasteiger partial charge in [-0.3, -0.25) is 0 Å². The number of aryl methyl sites for hydroxylation is 1. The van der Waals surface area contributed by atoms with Crippen LogP contribution >= 0.6 is 11.3 Å². The average molecular weight is 261 g/mol. The van der Waals surface area contributed by atoms with Crippen LogP contribution in [-0.4, -0.2) is 4.57 Å². The largest absolute Gasteiger partial charge is 0.347 e. The van der Waals surface area contributed by atoms with Crippen molar-refractivity contribution < 1.29 is 0 Å². The van der Waals surface area contributed by atoms with Crippen LogP contribution in [0.3, 0.4) is 0 Å². The average Bonchev–Trinajstić information content (AvgIpc) is 2.99. The third-order valence-electron chi connectivity index (χ3n) is 3.54. The molecule has 2 rings (SSSR count). The Morgan fingerprint density at radius 3 is 2.61 bits per heavy atom. The third kappa shape index (κ3) is 3.26. The van der Waals surface area contributed by atoms with Gasteiger partial charge in [0, 0.05) is 12.7 Å². The Morgan fingerprint density at radius 1 is 1.06 bits per heavy atom. The fraction of sp³-hybridized carbons (Fsp3) is 0.500. The van der Waals surface area contributed by atoms with Gasteiger partial charge in [0.2, 0.25) is 0 Å². The molecule has 0 aromatic carbocycles. The van der Waals surface area contributed by atoms with E-state index in [1.165, 1.54) is 54.8 Å². The number of aromatic nitrogens is 1. The zero-order valence-electron chi connectivity index (χ0n) is 11.5. The van der Waals surface area contributed by atoms with E-state index in [1.807, 2.05) is 11.3 Å². The number of thiophene rings is 1. The predicted octanol–water partition coefficient (Wildman–Crippen LogP) is 5.27. The first kappa shape index (κ1) is 13.4. The number of nitrogens with zero attached hydrogens (tertiary/aromatic N) is 1. The van der Waals surface area contributed by atoms with Crippen LogP contribution in [0.2, 0.25) is 0 Å². The van der Waals surface area contributed by atoms with E-state index in [0.29, 0.717) is 0 Å². The Balaban J connectivity index is 1.91. The molecular formula is C16H23NS. The lowest BCUT2D eigenvalue weighted by molar-refractivity contribution is 0.621. The molecule has 2 heteroatoms. The second-order valence-electron chi connectivity index (χ2n) is 4.91. The van der Waals surface area contributed by atoms with Gasteiger partial charge in [-0.05, 0) is 36.4 Å². The molecule has 98 valence electrons. The lowest BCUT2D eigenvalue weighted by Crippen LogP contribution is -1.97. The maximum atomic E-state index is 2.35. The van der Waals surface area contributed by atoms with Gasteiger partial charge >= 0.3 is 0 Å². The normalized spacial score (nSPS) is 11.0. The second-order valence-corrected chi connectivity index (χ2v) is 5.86. The summed E-state index contributed by atoms with van der Waals surface area (Å²) in [6.07, 6.45) is 8.00. The number of hydrogen-bond donors (Lipinski definition) is 0. The van der Waals surface area contributed by atoms with E-state index in [-0.39, 0.29) is 0 Å². The van der Waals surface area contributed by atoms with Crippen molar-refractivity contribution in [2.45, 2.75) is 45.4 Å². The van der Waals surface area contributed by atoms with Gasteiger partial charge < -0.3 is 4.57 Å². The van der Waals surface area contributed by atoms with Gasteiger partial charge in [-0.2, -0.15) is 0 Å². The molecule has 0 spiro atoms. The first-order valence-corrected chi connectivity index (χ1v) is 7.89. The molecule has 0 saturated carbocycles. The summed E-state index contributed by atoms with van der Waals surface area (Å²) in [6.45, 7) is 2.27. The molecule has 0 atom stereocenters. The summed E-state index contributed by atoms with van der Waals surface area (Å²) in [5.74, 6) is 0. The molecule has 2 heterocycles. The Morgan fingerprint density at radius 2 is 1.89 bits per heavy atom. The summed E-state index contributed by atoms with van der Waals surface area (Å²) < 4.78 is 2.35. The van der Waals surface area contributed by atoms with Crippen molar-refractivity contribution >= 4 is 11.3 Å². The molecule has 18 heavy (non-hydrogen) atoms. The van der Waals surface area contributed by atoms with Crippen LogP contribution in [0.15, 0.2) is 29.6 Å². The standard InChI is InChI=1S/C16H23NS/c1-3-4-5-6-7-9-14-11-12-15(17(14)2)16-10-8-13-18-16/h8,10-13H,3-7,9H2,1-2H3. The van der Waals surface area contributed by atoms with Crippen molar-refractivity contribution in [3.05, 3.63) is 35.3 Å². The zero-order chi connectivity index (χ0) is 12.8. The highest BCUT2D eigenvalue weighted by Gasteiger charge is 2.07. The van der Waals surface area contributed by atoms with E-state index < -0.39 is 0 Å². The molecule has 0 fully saturated rings. The smallest absolute Gasteiger partial charge is 0.0581 e. The van der Waals surface area contributed by atoms with Crippen LogP contribution in [0, 0.1) is 0 Å². The molecule has 0 unspecified atom stereocenters. The SMILES string of the molecule is CCCCCCCc1ccc(-c2cccs2)n1C. The van der Waals surface area contributed by atoms with Crippen LogP contribution in [0.25, 0.3) is 10.6 Å². The van der Waals surface area contributed by atoms with Crippen LogP contribution in [0.5, 0.6) is 0 Å². The van der Waals surface area contributed by atoms with Crippen molar-refractivity contribution in [1.82, 2.24) is 4.57 Å². The Kier molecular flexibility index (Phi) is 5.06. The first-order chi connectivity index (χ1) is 8.83. The maximum Gasteiger partial charge on any atom is 0.0581 e. The minimum Gasteiger partial charge on any atom is -0.347 e. The zero-order valence-corrected chi connectivity index (χ0v) is 12.3. The van der Waals surface area contributed by atoms with Crippen LogP contribution < -0.4 is 0 Å². The number of hydrogen-bond acceptors (Lipinski definition) is 1. The highest BCUT2D eigenvalue weighted by Crippen LogP contribution is 2.26. The molecule has 0 amide bonds. The fourth-order valence-electron chi connectivity index (χ4n) is 2.39. The summed E-state index contributed by atoms with van der Waals surface area (Å²) in [7, 11) is 2.19. The molecule has 0 bridgehead atoms. The molecular weight excluding hydrogens is 238 g/mol. The van der Waals surface area contributed by atoms with Gasteiger partial charge in [-0.15, -0.1) is 11.3 Å². The van der Waals surface area contributed by atoms with Gasteiger partial charge in [-0.25, -0.2) is 0 Å². The molecule has 0 aliphatic heterocycles. The Labute approximate surface area is 114 Å². The number of rotatable bonds is 7. The molecule has 2 aromatic rings. The second kappa shape index (κ2) is 6.79. The Hall–Kier alpha value is -1.02. The summed E-state index contributed by atoms with van der Waals surface area (Å²) in [5, 5.41) is 2.15. The van der Waals surface area contributed by atoms with Crippen LogP contribution in [0.4, 0.5) is 0 Å². The highest BCUT2D eigenvalue weighted by molar-refractivity contribution is 7.13. The lowest BCUT2D eigenvalue weighted by Gasteiger charge is -2.06. The summed E-state index contributed by atoms with van der Waals surface area (Å²) in [6, 6.07) is 8.87. The molecule has 0 saturated heterocycles. The third-order valence-corrected chi connectivity index (χ3v) is 4.43. The maximum absolute atomic E-state index is 2.35. The summed E-state index contributed by atoms with van der Waals surface area (Å²) in [4.78, 5) is 1.37. The van der Waals surface area contributed by atoms with Crippen molar-refractivity contribution in [2.24, 2.45) is 7.05 Å². The lowest BCUT2D eigenvalue weighted by atomic mass is 10.1. The van der Waals surface area contributed by atoms with Crippen molar-refractivity contribution in [2.75, 3.05) is 0 Å². The van der Waals surface area contributed by atoms with E-state index in [4.69, 9.17) is 0 Å². The topological polar surface area (TPSA) is 4.93 Å². The van der Waals surface area contributed by atoms with Crippen molar-refractivity contribution in [3.8, 4) is 10.6 Å². The van der Waals surface area contributed by atoms with Gasteiger partial charge in [0.25, 0.3) is 0 Å². The minimum absolute atomic E-state index is 1.21. The molecule has 0 radical (unpaired) electrons. The molecule has 0 aliphatic carbocycles. The van der Waals surface area contributed by atoms with Crippen LogP contribution in [0.1, 0.15) is 44.7 Å². The molecule has 2 aromatic heterocycles. The van der Waals surface area contributed by atoms with E-state index in [0.717, 1.165) is 0 Å². The summed E-state index contributed by atoms with van der Waals surface area (Å²) >= 11 is 1.82. The minimum atomic E-state index is 1.21. The summed E-state index contributed by atoms with van der Waals surface area (Å²) in [5.41, 5.74) is 2.82. The van der Waals surface area contributed by atoms with E-state index in [9.17, 15) is 0 Å². The van der Waals surface area contributed by atoms with Crippen molar-refractivity contribution in [1.29, 1.82) is 0 Å². The van der Waals surface area contributed by atoms with Crippen LogP contribution in [-0.2, 0) is 13.5 Å². The van der Waals surface area contributed by atoms with Gasteiger partial charge in [0.05, 0.1) is 10.6 Å². The highest BCUT2D eigenvalue weighted by atomic mass is 32.1. The molecule has 1 nitrogen and oxygen atoms in total.